The fraction of sp³-hybridized carbons (Fsp3) is 0.0769. The molecule has 4 aromatic rings. The van der Waals surface area contributed by atoms with E-state index < -0.39 is 0 Å². The Balaban J connectivity index is 1.32. The predicted octanol–water partition coefficient (Wildman–Crippen LogP) is 6.12. The van der Waals surface area contributed by atoms with Crippen LogP contribution in [0.2, 0.25) is 0 Å². The van der Waals surface area contributed by atoms with Crippen molar-refractivity contribution in [1.82, 2.24) is 0 Å². The lowest BCUT2D eigenvalue weighted by Gasteiger charge is -2.11. The van der Waals surface area contributed by atoms with Crippen molar-refractivity contribution in [3.05, 3.63) is 108 Å². The number of rotatable bonds is 7. The number of benzene rings is 4. The van der Waals surface area contributed by atoms with Crippen LogP contribution in [0.25, 0.3) is 0 Å². The van der Waals surface area contributed by atoms with Gasteiger partial charge in [-0.3, -0.25) is 0 Å². The van der Waals surface area contributed by atoms with Gasteiger partial charge in [-0.25, -0.2) is 0 Å². The number of nitrogen functional groups attached to an aromatic ring is 2. The van der Waals surface area contributed by atoms with Crippen LogP contribution in [0.15, 0.2) is 97.1 Å². The summed E-state index contributed by atoms with van der Waals surface area (Å²) in [4.78, 5) is 0. The highest BCUT2D eigenvalue weighted by Gasteiger charge is 2.02. The fourth-order valence-corrected chi connectivity index (χ4v) is 3.33. The maximum absolute atomic E-state index is 6.00. The average Bonchev–Trinajstić information content (AvgIpc) is 2.77. The average molecular weight is 395 g/mol. The highest BCUT2D eigenvalue weighted by molar-refractivity contribution is 5.73. The molecule has 4 nitrogen and oxygen atoms in total. The van der Waals surface area contributed by atoms with Crippen LogP contribution in [-0.4, -0.2) is 0 Å². The Morgan fingerprint density at radius 3 is 1.20 bits per heavy atom. The summed E-state index contributed by atoms with van der Waals surface area (Å²) in [7, 11) is 0. The molecular formula is C26H26N4. The van der Waals surface area contributed by atoms with E-state index in [2.05, 4.69) is 59.2 Å². The van der Waals surface area contributed by atoms with Crippen LogP contribution in [0.1, 0.15) is 11.1 Å². The summed E-state index contributed by atoms with van der Waals surface area (Å²) in [6, 6.07) is 32.6. The van der Waals surface area contributed by atoms with E-state index in [1.807, 2.05) is 48.5 Å². The summed E-state index contributed by atoms with van der Waals surface area (Å²) >= 11 is 0. The Morgan fingerprint density at radius 2 is 0.833 bits per heavy atom. The minimum absolute atomic E-state index is 0.745. The van der Waals surface area contributed by atoms with Gasteiger partial charge in [0.2, 0.25) is 0 Å². The first-order valence-electron chi connectivity index (χ1n) is 10.1. The second-order valence-electron chi connectivity index (χ2n) is 7.32. The van der Waals surface area contributed by atoms with Gasteiger partial charge in [-0.15, -0.1) is 0 Å². The molecule has 4 heteroatoms. The fourth-order valence-electron chi connectivity index (χ4n) is 3.33. The molecular weight excluding hydrogens is 368 g/mol. The predicted molar refractivity (Wildman–Crippen MR) is 129 cm³/mol. The van der Waals surface area contributed by atoms with Gasteiger partial charge in [0.1, 0.15) is 0 Å². The number of hydrogen-bond acceptors (Lipinski definition) is 4. The van der Waals surface area contributed by atoms with Crippen molar-refractivity contribution >= 4 is 34.1 Å². The molecule has 0 aliphatic rings. The monoisotopic (exact) mass is 394 g/mol. The van der Waals surface area contributed by atoms with Crippen LogP contribution in [0, 0.1) is 0 Å². The van der Waals surface area contributed by atoms with E-state index in [1.165, 1.54) is 11.1 Å². The Labute approximate surface area is 177 Å². The normalized spacial score (nSPS) is 10.5. The van der Waals surface area contributed by atoms with E-state index in [1.54, 1.807) is 0 Å². The van der Waals surface area contributed by atoms with E-state index in [-0.39, 0.29) is 0 Å². The summed E-state index contributed by atoms with van der Waals surface area (Å²) in [6.07, 6.45) is 1.98. The molecule has 0 amide bonds. The van der Waals surface area contributed by atoms with E-state index >= 15 is 0 Å². The zero-order valence-electron chi connectivity index (χ0n) is 16.8. The third kappa shape index (κ3) is 4.92. The van der Waals surface area contributed by atoms with Gasteiger partial charge in [0, 0.05) is 11.4 Å². The number of nitrogens with one attached hydrogen (secondary N) is 2. The van der Waals surface area contributed by atoms with Crippen LogP contribution < -0.4 is 22.1 Å². The second-order valence-corrected chi connectivity index (χ2v) is 7.32. The molecule has 6 N–H and O–H groups in total. The lowest BCUT2D eigenvalue weighted by Crippen LogP contribution is -1.97. The molecule has 0 fully saturated rings. The van der Waals surface area contributed by atoms with Crippen molar-refractivity contribution < 1.29 is 0 Å². The van der Waals surface area contributed by atoms with E-state index in [4.69, 9.17) is 11.5 Å². The molecule has 0 heterocycles. The Hall–Kier alpha value is -3.92. The number of nitrogens with two attached hydrogens (primary N) is 2. The Kier molecular flexibility index (Phi) is 5.85. The molecule has 0 unspecified atom stereocenters. The van der Waals surface area contributed by atoms with Crippen LogP contribution in [-0.2, 0) is 12.8 Å². The van der Waals surface area contributed by atoms with E-state index in [9.17, 15) is 0 Å². The molecule has 150 valence electrons. The molecule has 0 saturated heterocycles. The molecule has 4 aromatic carbocycles. The van der Waals surface area contributed by atoms with Gasteiger partial charge in [0.25, 0.3) is 0 Å². The maximum atomic E-state index is 6.00. The van der Waals surface area contributed by atoms with Crippen LogP contribution in [0.4, 0.5) is 34.1 Å². The topological polar surface area (TPSA) is 76.1 Å². The quantitative estimate of drug-likeness (QED) is 0.285. The minimum atomic E-state index is 0.745. The van der Waals surface area contributed by atoms with Gasteiger partial charge in [-0.05, 0) is 72.5 Å². The zero-order valence-corrected chi connectivity index (χ0v) is 16.8. The molecule has 0 radical (unpaired) electrons. The van der Waals surface area contributed by atoms with Crippen LogP contribution >= 0.6 is 0 Å². The largest absolute Gasteiger partial charge is 0.397 e. The van der Waals surface area contributed by atoms with E-state index in [0.29, 0.717) is 0 Å². The van der Waals surface area contributed by atoms with Crippen molar-refractivity contribution in [1.29, 1.82) is 0 Å². The maximum Gasteiger partial charge on any atom is 0.0617 e. The number of hydrogen-bond donors (Lipinski definition) is 4. The first-order chi connectivity index (χ1) is 14.7. The summed E-state index contributed by atoms with van der Waals surface area (Å²) in [5.41, 5.74) is 20.0. The Bertz CT molecular complexity index is 1010. The smallest absolute Gasteiger partial charge is 0.0617 e. The molecule has 0 aliphatic carbocycles. The lowest BCUT2D eigenvalue weighted by molar-refractivity contribution is 0.961. The van der Waals surface area contributed by atoms with Gasteiger partial charge in [-0.2, -0.15) is 0 Å². The standard InChI is InChI=1S/C26H26N4/c27-23-5-1-3-7-25(23)29-21-15-11-19(12-16-21)9-10-20-13-17-22(18-14-20)30-26-8-4-2-6-24(26)28/h1-8,11-18,29-30H,9-10,27-28H2. The van der Waals surface area contributed by atoms with Crippen molar-refractivity contribution in [2.45, 2.75) is 12.8 Å². The zero-order chi connectivity index (χ0) is 20.8. The van der Waals surface area contributed by atoms with Gasteiger partial charge in [0.15, 0.2) is 0 Å². The van der Waals surface area contributed by atoms with Crippen molar-refractivity contribution in [3.63, 3.8) is 0 Å². The number of anilines is 6. The van der Waals surface area contributed by atoms with Gasteiger partial charge in [-0.1, -0.05) is 48.5 Å². The Morgan fingerprint density at radius 1 is 0.467 bits per heavy atom. The molecule has 0 aliphatic heterocycles. The van der Waals surface area contributed by atoms with Crippen molar-refractivity contribution in [3.8, 4) is 0 Å². The first-order valence-corrected chi connectivity index (χ1v) is 10.1. The summed E-state index contributed by atoms with van der Waals surface area (Å²) in [5.74, 6) is 0. The third-order valence-electron chi connectivity index (χ3n) is 5.09. The van der Waals surface area contributed by atoms with Crippen LogP contribution in [0.5, 0.6) is 0 Å². The highest BCUT2D eigenvalue weighted by atomic mass is 14.9. The summed E-state index contributed by atoms with van der Waals surface area (Å²) in [6.45, 7) is 0. The van der Waals surface area contributed by atoms with Crippen molar-refractivity contribution in [2.75, 3.05) is 22.1 Å². The molecule has 4 rings (SSSR count). The first kappa shape index (κ1) is 19.4. The third-order valence-corrected chi connectivity index (χ3v) is 5.09. The molecule has 0 spiro atoms. The van der Waals surface area contributed by atoms with Gasteiger partial charge < -0.3 is 22.1 Å². The van der Waals surface area contributed by atoms with Gasteiger partial charge in [0.05, 0.1) is 22.7 Å². The van der Waals surface area contributed by atoms with Gasteiger partial charge >= 0.3 is 0 Å². The molecule has 0 bridgehead atoms. The van der Waals surface area contributed by atoms with Crippen molar-refractivity contribution in [2.24, 2.45) is 0 Å². The minimum Gasteiger partial charge on any atom is -0.397 e. The molecule has 30 heavy (non-hydrogen) atoms. The van der Waals surface area contributed by atoms with Crippen LogP contribution in [0.3, 0.4) is 0 Å². The summed E-state index contributed by atoms with van der Waals surface area (Å²) in [5, 5.41) is 6.72. The molecule has 0 atom stereocenters. The molecule has 0 aromatic heterocycles. The number of para-hydroxylation sites is 4. The van der Waals surface area contributed by atoms with E-state index in [0.717, 1.165) is 47.0 Å². The number of aryl methyl sites for hydroxylation is 2. The second kappa shape index (κ2) is 9.05. The lowest BCUT2D eigenvalue weighted by atomic mass is 10.0. The molecule has 0 saturated carbocycles. The SMILES string of the molecule is Nc1ccccc1Nc1ccc(CCc2ccc(Nc3ccccc3N)cc2)cc1. The highest BCUT2D eigenvalue weighted by Crippen LogP contribution is 2.24. The summed E-state index contributed by atoms with van der Waals surface area (Å²) < 4.78 is 0.